The van der Waals surface area contributed by atoms with Gasteiger partial charge in [-0.1, -0.05) is 30.3 Å². The molecule has 2 aromatic rings. The Bertz CT molecular complexity index is 871. The number of amides is 3. The van der Waals surface area contributed by atoms with Gasteiger partial charge >= 0.3 is 6.03 Å². The van der Waals surface area contributed by atoms with Crippen molar-refractivity contribution in [2.45, 2.75) is 18.5 Å². The summed E-state index contributed by atoms with van der Waals surface area (Å²) in [6.07, 6.45) is 0.879. The minimum atomic E-state index is -0.281. The molecule has 7 nitrogen and oxygen atoms in total. The van der Waals surface area contributed by atoms with Crippen molar-refractivity contribution in [2.75, 3.05) is 32.1 Å². The average Bonchev–Trinajstić information content (AvgIpc) is 2.95. The Labute approximate surface area is 164 Å². The highest BCUT2D eigenvalue weighted by molar-refractivity contribution is 5.99. The molecule has 4 rings (SSSR count). The number of nitrogens with one attached hydrogen (secondary N) is 3. The number of urea groups is 1. The van der Waals surface area contributed by atoms with Crippen LogP contribution in [0.25, 0.3) is 0 Å². The van der Waals surface area contributed by atoms with Crippen LogP contribution in [0.2, 0.25) is 0 Å². The first kappa shape index (κ1) is 18.3. The molecule has 0 spiro atoms. The largest absolute Gasteiger partial charge is 0.491 e. The Morgan fingerprint density at radius 1 is 1.21 bits per heavy atom. The van der Waals surface area contributed by atoms with E-state index in [0.29, 0.717) is 30.2 Å². The molecule has 146 valence electrons. The van der Waals surface area contributed by atoms with E-state index in [1.54, 1.807) is 18.2 Å². The summed E-state index contributed by atoms with van der Waals surface area (Å²) in [7, 11) is 2.07. The topological polar surface area (TPSA) is 82.7 Å². The third-order valence-electron chi connectivity index (χ3n) is 5.23. The smallest absolute Gasteiger partial charge is 0.319 e. The number of anilines is 1. The molecule has 0 aliphatic carbocycles. The zero-order valence-corrected chi connectivity index (χ0v) is 15.8. The molecule has 0 radical (unpaired) electrons. The number of benzene rings is 2. The monoisotopic (exact) mass is 380 g/mol. The summed E-state index contributed by atoms with van der Waals surface area (Å²) in [5.74, 6) is 0.334. The fourth-order valence-electron chi connectivity index (χ4n) is 3.90. The van der Waals surface area contributed by atoms with E-state index in [1.165, 1.54) is 5.56 Å². The summed E-state index contributed by atoms with van der Waals surface area (Å²) in [4.78, 5) is 27.0. The maximum atomic E-state index is 12.6. The van der Waals surface area contributed by atoms with Crippen LogP contribution < -0.4 is 20.7 Å². The Kier molecular flexibility index (Phi) is 5.16. The van der Waals surface area contributed by atoms with Gasteiger partial charge in [-0.15, -0.1) is 0 Å². The third kappa shape index (κ3) is 3.80. The first-order chi connectivity index (χ1) is 13.6. The van der Waals surface area contributed by atoms with Gasteiger partial charge in [0, 0.05) is 12.2 Å². The minimum absolute atomic E-state index is 0.0138. The first-order valence-electron chi connectivity index (χ1n) is 9.49. The molecule has 0 aromatic heterocycles. The fourth-order valence-corrected chi connectivity index (χ4v) is 3.90. The first-order valence-corrected chi connectivity index (χ1v) is 9.49. The van der Waals surface area contributed by atoms with E-state index in [2.05, 4.69) is 40.0 Å². The SMILES string of the molecule is CN1CC[C@@H](NC(=O)Nc2ccc3c(c2)C(=O)NCCO3)[C@@H]1c1ccccc1. The van der Waals surface area contributed by atoms with Crippen molar-refractivity contribution in [1.29, 1.82) is 0 Å². The average molecular weight is 380 g/mol. The Hall–Kier alpha value is -3.06. The van der Waals surface area contributed by atoms with Gasteiger partial charge in [-0.05, 0) is 37.2 Å². The molecule has 3 amide bonds. The van der Waals surface area contributed by atoms with Crippen molar-refractivity contribution < 1.29 is 14.3 Å². The van der Waals surface area contributed by atoms with Crippen LogP contribution in [0, 0.1) is 0 Å². The highest BCUT2D eigenvalue weighted by Crippen LogP contribution is 2.31. The summed E-state index contributed by atoms with van der Waals surface area (Å²) in [6, 6.07) is 15.2. The normalized spacial score (nSPS) is 21.8. The molecule has 3 N–H and O–H groups in total. The summed E-state index contributed by atoms with van der Waals surface area (Å²) in [5, 5.41) is 8.70. The lowest BCUT2D eigenvalue weighted by Crippen LogP contribution is -2.41. The molecular formula is C21H24N4O3. The van der Waals surface area contributed by atoms with Gasteiger partial charge in [-0.25, -0.2) is 4.79 Å². The van der Waals surface area contributed by atoms with Crippen molar-refractivity contribution in [1.82, 2.24) is 15.5 Å². The Morgan fingerprint density at radius 3 is 2.86 bits per heavy atom. The number of nitrogens with zero attached hydrogens (tertiary/aromatic N) is 1. The second-order valence-electron chi connectivity index (χ2n) is 7.15. The molecule has 2 heterocycles. The van der Waals surface area contributed by atoms with E-state index in [0.717, 1.165) is 13.0 Å². The number of likely N-dealkylation sites (N-methyl/N-ethyl adjacent to an activating group) is 1. The molecule has 2 atom stereocenters. The number of fused-ring (bicyclic) bond motifs is 1. The third-order valence-corrected chi connectivity index (χ3v) is 5.23. The zero-order valence-electron chi connectivity index (χ0n) is 15.8. The van der Waals surface area contributed by atoms with E-state index < -0.39 is 0 Å². The number of likely N-dealkylation sites (tertiary alicyclic amines) is 1. The van der Waals surface area contributed by atoms with Gasteiger partial charge in [0.25, 0.3) is 5.91 Å². The zero-order chi connectivity index (χ0) is 19.5. The van der Waals surface area contributed by atoms with Crippen molar-refractivity contribution in [3.63, 3.8) is 0 Å². The van der Waals surface area contributed by atoms with Crippen molar-refractivity contribution in [3.05, 3.63) is 59.7 Å². The van der Waals surface area contributed by atoms with Crippen LogP contribution in [-0.2, 0) is 0 Å². The number of ether oxygens (including phenoxy) is 1. The van der Waals surface area contributed by atoms with Crippen molar-refractivity contribution in [3.8, 4) is 5.75 Å². The van der Waals surface area contributed by atoms with Crippen molar-refractivity contribution in [2.24, 2.45) is 0 Å². The molecule has 0 saturated carbocycles. The second kappa shape index (κ2) is 7.90. The quantitative estimate of drug-likeness (QED) is 0.764. The highest BCUT2D eigenvalue weighted by Gasteiger charge is 2.34. The molecule has 7 heteroatoms. The van der Waals surface area contributed by atoms with Crippen LogP contribution in [0.4, 0.5) is 10.5 Å². The van der Waals surface area contributed by atoms with Gasteiger partial charge in [0.2, 0.25) is 0 Å². The molecular weight excluding hydrogens is 356 g/mol. The van der Waals surface area contributed by atoms with E-state index in [1.807, 2.05) is 18.2 Å². The number of hydrogen-bond acceptors (Lipinski definition) is 4. The molecule has 2 aliphatic heterocycles. The van der Waals surface area contributed by atoms with Crippen LogP contribution in [0.5, 0.6) is 5.75 Å². The van der Waals surface area contributed by atoms with Gasteiger partial charge in [0.05, 0.1) is 24.2 Å². The lowest BCUT2D eigenvalue weighted by atomic mass is 10.0. The molecule has 0 unspecified atom stereocenters. The van der Waals surface area contributed by atoms with E-state index in [4.69, 9.17) is 4.74 Å². The Morgan fingerprint density at radius 2 is 2.04 bits per heavy atom. The number of carbonyl (C=O) groups is 2. The predicted molar refractivity (Wildman–Crippen MR) is 107 cm³/mol. The van der Waals surface area contributed by atoms with E-state index in [-0.39, 0.29) is 24.0 Å². The van der Waals surface area contributed by atoms with Crippen LogP contribution in [0.15, 0.2) is 48.5 Å². The molecule has 1 saturated heterocycles. The number of carbonyl (C=O) groups excluding carboxylic acids is 2. The minimum Gasteiger partial charge on any atom is -0.491 e. The van der Waals surface area contributed by atoms with Crippen LogP contribution in [0.3, 0.4) is 0 Å². The summed E-state index contributed by atoms with van der Waals surface area (Å²) >= 11 is 0. The summed E-state index contributed by atoms with van der Waals surface area (Å²) in [6.45, 7) is 1.82. The van der Waals surface area contributed by atoms with Crippen LogP contribution >= 0.6 is 0 Å². The standard InChI is InChI=1S/C21H24N4O3/c1-25-11-9-17(19(25)14-5-3-2-4-6-14)24-21(27)23-15-7-8-18-16(13-15)20(26)22-10-12-28-18/h2-8,13,17,19H,9-12H2,1H3,(H,22,26)(H2,23,24,27)/t17-,19+/m1/s1. The molecule has 1 fully saturated rings. The fraction of sp³-hybridized carbons (Fsp3) is 0.333. The van der Waals surface area contributed by atoms with Gasteiger partial charge in [-0.2, -0.15) is 0 Å². The van der Waals surface area contributed by atoms with Gasteiger partial charge in [0.1, 0.15) is 12.4 Å². The maximum Gasteiger partial charge on any atom is 0.319 e. The van der Waals surface area contributed by atoms with Gasteiger partial charge in [-0.3, -0.25) is 9.69 Å². The molecule has 28 heavy (non-hydrogen) atoms. The number of rotatable bonds is 3. The van der Waals surface area contributed by atoms with Crippen LogP contribution in [-0.4, -0.2) is 49.6 Å². The molecule has 2 aromatic carbocycles. The Balaban J connectivity index is 1.45. The highest BCUT2D eigenvalue weighted by atomic mass is 16.5. The second-order valence-corrected chi connectivity index (χ2v) is 7.15. The lowest BCUT2D eigenvalue weighted by Gasteiger charge is -2.26. The number of hydrogen-bond donors (Lipinski definition) is 3. The predicted octanol–water partition coefficient (Wildman–Crippen LogP) is 2.38. The van der Waals surface area contributed by atoms with E-state index >= 15 is 0 Å². The van der Waals surface area contributed by atoms with Gasteiger partial charge in [0.15, 0.2) is 0 Å². The molecule has 0 bridgehead atoms. The van der Waals surface area contributed by atoms with Crippen LogP contribution in [0.1, 0.15) is 28.4 Å². The summed E-state index contributed by atoms with van der Waals surface area (Å²) < 4.78 is 5.54. The van der Waals surface area contributed by atoms with Gasteiger partial charge < -0.3 is 20.7 Å². The maximum absolute atomic E-state index is 12.6. The molecule has 2 aliphatic rings. The van der Waals surface area contributed by atoms with Crippen molar-refractivity contribution >= 4 is 17.6 Å². The van der Waals surface area contributed by atoms with E-state index in [9.17, 15) is 9.59 Å². The lowest BCUT2D eigenvalue weighted by molar-refractivity contribution is 0.0957. The summed E-state index contributed by atoms with van der Waals surface area (Å²) in [5.41, 5.74) is 2.17.